The van der Waals surface area contributed by atoms with Crippen LogP contribution in [0.5, 0.6) is 0 Å². The minimum Gasteiger partial charge on any atom is -0.386 e. The summed E-state index contributed by atoms with van der Waals surface area (Å²) in [5, 5.41) is 9.62. The molecule has 0 radical (unpaired) electrons. The van der Waals surface area contributed by atoms with Crippen molar-refractivity contribution in [1.82, 2.24) is 0 Å². The second-order valence-corrected chi connectivity index (χ2v) is 4.18. The van der Waals surface area contributed by atoms with Crippen LogP contribution in [0.2, 0.25) is 0 Å². The number of hydrogen-bond acceptors (Lipinski definition) is 1. The van der Waals surface area contributed by atoms with Crippen molar-refractivity contribution in [1.29, 1.82) is 0 Å². The van der Waals surface area contributed by atoms with Gasteiger partial charge in [-0.25, -0.2) is 0 Å². The zero-order chi connectivity index (χ0) is 9.19. The first-order chi connectivity index (χ1) is 5.49. The van der Waals surface area contributed by atoms with Crippen LogP contribution < -0.4 is 0 Å². The van der Waals surface area contributed by atoms with Gasteiger partial charge in [0.1, 0.15) is 0 Å². The Morgan fingerprint density at radius 1 is 1.75 bits per heavy atom. The molecule has 0 aliphatic heterocycles. The van der Waals surface area contributed by atoms with E-state index in [-0.39, 0.29) is 0 Å². The summed E-state index contributed by atoms with van der Waals surface area (Å²) in [6.07, 6.45) is 7.06. The van der Waals surface area contributed by atoms with Gasteiger partial charge in [-0.15, -0.1) is 6.58 Å². The molecule has 1 aliphatic rings. The van der Waals surface area contributed by atoms with Gasteiger partial charge in [0.15, 0.2) is 0 Å². The Kier molecular flexibility index (Phi) is 2.73. The lowest BCUT2D eigenvalue weighted by Gasteiger charge is -2.27. The van der Waals surface area contributed by atoms with E-state index < -0.39 is 5.60 Å². The zero-order valence-electron chi connectivity index (χ0n) is 8.01. The molecule has 1 heteroatoms. The van der Waals surface area contributed by atoms with Crippen molar-refractivity contribution >= 4 is 0 Å². The predicted octanol–water partition coefficient (Wildman–Crippen LogP) is 2.67. The maximum atomic E-state index is 9.62. The van der Waals surface area contributed by atoms with Gasteiger partial charge >= 0.3 is 0 Å². The van der Waals surface area contributed by atoms with E-state index in [0.717, 1.165) is 19.3 Å². The van der Waals surface area contributed by atoms with Gasteiger partial charge < -0.3 is 5.11 Å². The Labute approximate surface area is 74.8 Å². The number of rotatable bonds is 2. The number of hydrogen-bond donors (Lipinski definition) is 1. The van der Waals surface area contributed by atoms with Gasteiger partial charge in [-0.3, -0.25) is 0 Å². The first kappa shape index (κ1) is 9.53. The molecule has 0 bridgehead atoms. The Morgan fingerprint density at radius 3 is 2.83 bits per heavy atom. The normalized spacial score (nSPS) is 35.1. The van der Waals surface area contributed by atoms with Gasteiger partial charge in [0.25, 0.3) is 0 Å². The van der Waals surface area contributed by atoms with Crippen LogP contribution in [0, 0.1) is 5.92 Å². The Morgan fingerprint density at radius 2 is 2.42 bits per heavy atom. The Balaban J connectivity index is 2.48. The minimum atomic E-state index is -0.564. The molecule has 0 aromatic rings. The van der Waals surface area contributed by atoms with E-state index in [9.17, 15) is 5.11 Å². The molecule has 0 unspecified atom stereocenters. The van der Waals surface area contributed by atoms with Crippen molar-refractivity contribution < 1.29 is 5.11 Å². The molecule has 0 saturated carbocycles. The van der Waals surface area contributed by atoms with Crippen LogP contribution >= 0.6 is 0 Å². The molecule has 1 rings (SSSR count). The van der Waals surface area contributed by atoms with E-state index in [1.165, 1.54) is 5.57 Å². The molecule has 0 amide bonds. The fraction of sp³-hybridized carbons (Fsp3) is 0.636. The number of allylic oxidation sites excluding steroid dienone is 2. The average Bonchev–Trinajstić information content (AvgIpc) is 1.93. The third-order valence-corrected chi connectivity index (χ3v) is 2.36. The van der Waals surface area contributed by atoms with E-state index in [2.05, 4.69) is 19.6 Å². The van der Waals surface area contributed by atoms with Gasteiger partial charge in [0.2, 0.25) is 0 Å². The fourth-order valence-electron chi connectivity index (χ4n) is 1.62. The van der Waals surface area contributed by atoms with E-state index in [1.54, 1.807) is 0 Å². The van der Waals surface area contributed by atoms with Crippen LogP contribution in [-0.4, -0.2) is 10.7 Å². The van der Waals surface area contributed by atoms with Gasteiger partial charge in [0.05, 0.1) is 5.60 Å². The van der Waals surface area contributed by atoms with E-state index in [1.807, 2.05) is 13.0 Å². The Bertz CT molecular complexity index is 201. The second kappa shape index (κ2) is 3.44. The second-order valence-electron chi connectivity index (χ2n) is 4.18. The highest BCUT2D eigenvalue weighted by atomic mass is 16.3. The molecule has 0 heterocycles. The minimum absolute atomic E-state index is 0.564. The largest absolute Gasteiger partial charge is 0.386 e. The molecule has 0 aromatic carbocycles. The Hall–Kier alpha value is -0.560. The highest BCUT2D eigenvalue weighted by molar-refractivity contribution is 5.08. The van der Waals surface area contributed by atoms with Gasteiger partial charge in [0, 0.05) is 0 Å². The van der Waals surface area contributed by atoms with Crippen LogP contribution in [0.25, 0.3) is 0 Å². The molecule has 0 saturated heterocycles. The van der Waals surface area contributed by atoms with Crippen molar-refractivity contribution in [3.8, 4) is 0 Å². The van der Waals surface area contributed by atoms with E-state index in [0.29, 0.717) is 5.92 Å². The molecular weight excluding hydrogens is 148 g/mol. The third kappa shape index (κ3) is 2.82. The highest BCUT2D eigenvalue weighted by Crippen LogP contribution is 2.28. The molecule has 68 valence electrons. The smallest absolute Gasteiger partial charge is 0.0800 e. The maximum absolute atomic E-state index is 9.62. The summed E-state index contributed by atoms with van der Waals surface area (Å²) in [4.78, 5) is 0. The maximum Gasteiger partial charge on any atom is 0.0800 e. The molecule has 1 nitrogen and oxygen atoms in total. The molecule has 0 fully saturated rings. The summed E-state index contributed by atoms with van der Waals surface area (Å²) in [6, 6.07) is 0. The molecular formula is C11H18O. The molecule has 0 spiro atoms. The predicted molar refractivity (Wildman–Crippen MR) is 51.9 cm³/mol. The van der Waals surface area contributed by atoms with Crippen LogP contribution in [0.15, 0.2) is 24.3 Å². The summed E-state index contributed by atoms with van der Waals surface area (Å²) in [5.74, 6) is 0.600. The molecule has 1 aliphatic carbocycles. The van der Waals surface area contributed by atoms with Gasteiger partial charge in [-0.05, 0) is 39.0 Å². The summed E-state index contributed by atoms with van der Waals surface area (Å²) in [6.45, 7) is 7.81. The molecule has 12 heavy (non-hydrogen) atoms. The van der Waals surface area contributed by atoms with Crippen LogP contribution in [0.4, 0.5) is 0 Å². The van der Waals surface area contributed by atoms with Gasteiger partial charge in [-0.1, -0.05) is 17.7 Å². The van der Waals surface area contributed by atoms with E-state index >= 15 is 0 Å². The first-order valence-electron chi connectivity index (χ1n) is 4.56. The van der Waals surface area contributed by atoms with Crippen molar-refractivity contribution in [2.45, 2.75) is 38.7 Å². The lowest BCUT2D eigenvalue weighted by atomic mass is 9.84. The third-order valence-electron chi connectivity index (χ3n) is 2.36. The average molecular weight is 166 g/mol. The summed E-state index contributed by atoms with van der Waals surface area (Å²) >= 11 is 0. The van der Waals surface area contributed by atoms with Gasteiger partial charge in [-0.2, -0.15) is 0 Å². The van der Waals surface area contributed by atoms with Crippen LogP contribution in [0.3, 0.4) is 0 Å². The monoisotopic (exact) mass is 166 g/mol. The first-order valence-corrected chi connectivity index (χ1v) is 4.56. The van der Waals surface area contributed by atoms with Crippen LogP contribution in [-0.2, 0) is 0 Å². The SMILES string of the molecule is C=C(C)C[C@H]1C=C[C@](C)(O)CC1. The summed E-state index contributed by atoms with van der Waals surface area (Å²) < 4.78 is 0. The fourth-order valence-corrected chi connectivity index (χ4v) is 1.62. The lowest BCUT2D eigenvalue weighted by Crippen LogP contribution is -2.25. The summed E-state index contributed by atoms with van der Waals surface area (Å²) in [7, 11) is 0. The molecule has 2 atom stereocenters. The lowest BCUT2D eigenvalue weighted by molar-refractivity contribution is 0.0881. The molecule has 1 N–H and O–H groups in total. The topological polar surface area (TPSA) is 20.2 Å². The standard InChI is InChI=1S/C11H18O/c1-9(2)8-10-4-6-11(3,12)7-5-10/h4,6,10,12H,1,5,7-8H2,2-3H3/t10-,11-/m0/s1. The van der Waals surface area contributed by atoms with Crippen molar-refractivity contribution in [3.63, 3.8) is 0 Å². The molecule has 0 aromatic heterocycles. The van der Waals surface area contributed by atoms with Crippen LogP contribution in [0.1, 0.15) is 33.1 Å². The van der Waals surface area contributed by atoms with Crippen molar-refractivity contribution in [3.05, 3.63) is 24.3 Å². The quantitative estimate of drug-likeness (QED) is 0.625. The highest BCUT2D eigenvalue weighted by Gasteiger charge is 2.22. The zero-order valence-corrected chi connectivity index (χ0v) is 8.01. The number of aliphatic hydroxyl groups is 1. The van der Waals surface area contributed by atoms with Crippen molar-refractivity contribution in [2.24, 2.45) is 5.92 Å². The van der Waals surface area contributed by atoms with Crippen molar-refractivity contribution in [2.75, 3.05) is 0 Å². The van der Waals surface area contributed by atoms with E-state index in [4.69, 9.17) is 0 Å². The summed E-state index contributed by atoms with van der Waals surface area (Å²) in [5.41, 5.74) is 0.664.